The standard InChI is InChI=1S/C14H16ClFN2/c1-10(17)7-12-3-2-6-18(12)9-11-4-5-13(15)14(16)8-11/h2-6,8,10H,7,9,17H2,1H3. The van der Waals surface area contributed by atoms with Crippen molar-refractivity contribution in [2.75, 3.05) is 0 Å². The van der Waals surface area contributed by atoms with Crippen LogP contribution >= 0.6 is 11.6 Å². The molecule has 96 valence electrons. The van der Waals surface area contributed by atoms with Gasteiger partial charge in [-0.3, -0.25) is 0 Å². The summed E-state index contributed by atoms with van der Waals surface area (Å²) >= 11 is 5.66. The average molecular weight is 267 g/mol. The lowest BCUT2D eigenvalue weighted by Gasteiger charge is -2.11. The molecule has 0 saturated heterocycles. The van der Waals surface area contributed by atoms with E-state index in [1.165, 1.54) is 6.07 Å². The van der Waals surface area contributed by atoms with Gasteiger partial charge in [-0.15, -0.1) is 0 Å². The van der Waals surface area contributed by atoms with Crippen LogP contribution in [0.25, 0.3) is 0 Å². The van der Waals surface area contributed by atoms with Gasteiger partial charge in [0.25, 0.3) is 0 Å². The van der Waals surface area contributed by atoms with Crippen molar-refractivity contribution >= 4 is 11.6 Å². The number of rotatable bonds is 4. The molecule has 1 heterocycles. The summed E-state index contributed by atoms with van der Waals surface area (Å²) in [6.07, 6.45) is 2.79. The normalized spacial score (nSPS) is 12.7. The number of aromatic nitrogens is 1. The SMILES string of the molecule is CC(N)Cc1cccn1Cc1ccc(Cl)c(F)c1. The minimum absolute atomic E-state index is 0.112. The minimum atomic E-state index is -0.380. The number of hydrogen-bond donors (Lipinski definition) is 1. The summed E-state index contributed by atoms with van der Waals surface area (Å²) in [6.45, 7) is 2.60. The molecule has 0 spiro atoms. The van der Waals surface area contributed by atoms with Crippen LogP contribution in [0.15, 0.2) is 36.5 Å². The molecule has 0 radical (unpaired) electrons. The molecule has 1 atom stereocenters. The van der Waals surface area contributed by atoms with Gasteiger partial charge in [-0.1, -0.05) is 17.7 Å². The Labute approximate surface area is 111 Å². The van der Waals surface area contributed by atoms with E-state index >= 15 is 0 Å². The Morgan fingerprint density at radius 2 is 2.17 bits per heavy atom. The molecule has 0 aliphatic rings. The Morgan fingerprint density at radius 3 is 2.83 bits per heavy atom. The first-order valence-electron chi connectivity index (χ1n) is 5.90. The van der Waals surface area contributed by atoms with E-state index in [1.807, 2.05) is 31.3 Å². The van der Waals surface area contributed by atoms with Crippen molar-refractivity contribution in [1.29, 1.82) is 0 Å². The van der Waals surface area contributed by atoms with Crippen molar-refractivity contribution in [3.05, 3.63) is 58.6 Å². The Balaban J connectivity index is 2.18. The van der Waals surface area contributed by atoms with E-state index in [2.05, 4.69) is 4.57 Å². The van der Waals surface area contributed by atoms with Crippen molar-refractivity contribution in [1.82, 2.24) is 4.57 Å². The van der Waals surface area contributed by atoms with Gasteiger partial charge in [0.15, 0.2) is 0 Å². The summed E-state index contributed by atoms with van der Waals surface area (Å²) in [6, 6.07) is 9.01. The minimum Gasteiger partial charge on any atom is -0.347 e. The largest absolute Gasteiger partial charge is 0.347 e. The van der Waals surface area contributed by atoms with Gasteiger partial charge < -0.3 is 10.3 Å². The summed E-state index contributed by atoms with van der Waals surface area (Å²) in [5.41, 5.74) is 7.84. The van der Waals surface area contributed by atoms with E-state index in [1.54, 1.807) is 6.07 Å². The Kier molecular flexibility index (Phi) is 4.04. The molecule has 4 heteroatoms. The molecule has 2 nitrogen and oxygen atoms in total. The van der Waals surface area contributed by atoms with E-state index in [-0.39, 0.29) is 16.9 Å². The first-order valence-corrected chi connectivity index (χ1v) is 6.27. The van der Waals surface area contributed by atoms with Crippen LogP contribution in [0.1, 0.15) is 18.2 Å². The van der Waals surface area contributed by atoms with Crippen LogP contribution < -0.4 is 5.73 Å². The van der Waals surface area contributed by atoms with E-state index in [4.69, 9.17) is 17.3 Å². The zero-order valence-corrected chi connectivity index (χ0v) is 11.0. The van der Waals surface area contributed by atoms with Crippen LogP contribution in [0.2, 0.25) is 5.02 Å². The van der Waals surface area contributed by atoms with Crippen LogP contribution in [0.4, 0.5) is 4.39 Å². The number of halogens is 2. The molecule has 1 aromatic heterocycles. The molecule has 2 aromatic rings. The third-order valence-corrected chi connectivity index (χ3v) is 3.10. The second-order valence-corrected chi connectivity index (χ2v) is 4.96. The summed E-state index contributed by atoms with van der Waals surface area (Å²) in [5.74, 6) is -0.380. The highest BCUT2D eigenvalue weighted by molar-refractivity contribution is 6.30. The second-order valence-electron chi connectivity index (χ2n) is 4.56. The van der Waals surface area contributed by atoms with Gasteiger partial charge in [0.2, 0.25) is 0 Å². The summed E-state index contributed by atoms with van der Waals surface area (Å²) in [5, 5.41) is 0.155. The molecule has 0 bridgehead atoms. The third-order valence-electron chi connectivity index (χ3n) is 2.79. The summed E-state index contributed by atoms with van der Waals surface area (Å²) in [7, 11) is 0. The molecular weight excluding hydrogens is 251 g/mol. The van der Waals surface area contributed by atoms with Crippen molar-refractivity contribution in [3.63, 3.8) is 0 Å². The molecule has 0 saturated carbocycles. The maximum absolute atomic E-state index is 13.4. The lowest BCUT2D eigenvalue weighted by atomic mass is 10.2. The predicted octanol–water partition coefficient (Wildman–Crippen LogP) is 3.22. The van der Waals surface area contributed by atoms with Crippen LogP contribution in [0, 0.1) is 5.82 Å². The van der Waals surface area contributed by atoms with Crippen molar-refractivity contribution in [3.8, 4) is 0 Å². The van der Waals surface area contributed by atoms with Crippen LogP contribution in [0.3, 0.4) is 0 Å². The molecule has 18 heavy (non-hydrogen) atoms. The van der Waals surface area contributed by atoms with Crippen molar-refractivity contribution < 1.29 is 4.39 Å². The first-order chi connectivity index (χ1) is 8.56. The molecule has 1 aromatic carbocycles. The predicted molar refractivity (Wildman–Crippen MR) is 72.3 cm³/mol. The zero-order valence-electron chi connectivity index (χ0n) is 10.2. The highest BCUT2D eigenvalue weighted by Crippen LogP contribution is 2.17. The van der Waals surface area contributed by atoms with Gasteiger partial charge in [0.05, 0.1) is 5.02 Å². The molecule has 0 fully saturated rings. The van der Waals surface area contributed by atoms with Gasteiger partial charge in [0, 0.05) is 30.9 Å². The molecule has 2 rings (SSSR count). The topological polar surface area (TPSA) is 30.9 Å². The first kappa shape index (κ1) is 13.1. The van der Waals surface area contributed by atoms with E-state index in [0.717, 1.165) is 17.7 Å². The van der Waals surface area contributed by atoms with Gasteiger partial charge in [-0.2, -0.15) is 0 Å². The quantitative estimate of drug-likeness (QED) is 0.905. The Hall–Kier alpha value is -1.32. The second kappa shape index (κ2) is 5.55. The lowest BCUT2D eigenvalue weighted by Crippen LogP contribution is -2.20. The average Bonchev–Trinajstić information content (AvgIpc) is 2.70. The number of benzene rings is 1. The van der Waals surface area contributed by atoms with Gasteiger partial charge in [0.1, 0.15) is 5.82 Å². The van der Waals surface area contributed by atoms with Gasteiger partial charge >= 0.3 is 0 Å². The van der Waals surface area contributed by atoms with Crippen molar-refractivity contribution in [2.24, 2.45) is 5.73 Å². The highest BCUT2D eigenvalue weighted by Gasteiger charge is 2.06. The van der Waals surface area contributed by atoms with Crippen LogP contribution in [-0.4, -0.2) is 10.6 Å². The molecule has 2 N–H and O–H groups in total. The van der Waals surface area contributed by atoms with Crippen LogP contribution in [0.5, 0.6) is 0 Å². The smallest absolute Gasteiger partial charge is 0.142 e. The number of nitrogens with two attached hydrogens (primary N) is 1. The highest BCUT2D eigenvalue weighted by atomic mass is 35.5. The monoisotopic (exact) mass is 266 g/mol. The van der Waals surface area contributed by atoms with Crippen molar-refractivity contribution in [2.45, 2.75) is 25.9 Å². The maximum Gasteiger partial charge on any atom is 0.142 e. The number of hydrogen-bond acceptors (Lipinski definition) is 1. The Bertz CT molecular complexity index is 534. The zero-order chi connectivity index (χ0) is 13.1. The molecule has 0 amide bonds. The maximum atomic E-state index is 13.4. The third kappa shape index (κ3) is 3.12. The fourth-order valence-electron chi connectivity index (χ4n) is 1.95. The van der Waals surface area contributed by atoms with E-state index in [0.29, 0.717) is 6.54 Å². The fourth-order valence-corrected chi connectivity index (χ4v) is 2.07. The summed E-state index contributed by atoms with van der Waals surface area (Å²) in [4.78, 5) is 0. The molecule has 1 unspecified atom stereocenters. The molecule has 0 aliphatic carbocycles. The van der Waals surface area contributed by atoms with Gasteiger partial charge in [-0.25, -0.2) is 4.39 Å². The number of nitrogens with zero attached hydrogens (tertiary/aromatic N) is 1. The van der Waals surface area contributed by atoms with E-state index in [9.17, 15) is 4.39 Å². The fraction of sp³-hybridized carbons (Fsp3) is 0.286. The van der Waals surface area contributed by atoms with Gasteiger partial charge in [-0.05, 0) is 36.8 Å². The lowest BCUT2D eigenvalue weighted by molar-refractivity contribution is 0.621. The van der Waals surface area contributed by atoms with Crippen LogP contribution in [-0.2, 0) is 13.0 Å². The molecular formula is C14H16ClFN2. The summed E-state index contributed by atoms with van der Waals surface area (Å²) < 4.78 is 15.4. The Morgan fingerprint density at radius 1 is 1.39 bits per heavy atom. The van der Waals surface area contributed by atoms with E-state index < -0.39 is 0 Å². The molecule has 0 aliphatic heterocycles.